The predicted octanol–water partition coefficient (Wildman–Crippen LogP) is 1.30. The summed E-state index contributed by atoms with van der Waals surface area (Å²) in [5.74, 6) is 0.0958. The fourth-order valence-electron chi connectivity index (χ4n) is 2.75. The van der Waals surface area contributed by atoms with Gasteiger partial charge in [-0.25, -0.2) is 5.70 Å². The van der Waals surface area contributed by atoms with Gasteiger partial charge in [-0.1, -0.05) is 5.56 Å². The van der Waals surface area contributed by atoms with Crippen LogP contribution in [-0.2, 0) is 45.4 Å². The van der Waals surface area contributed by atoms with E-state index in [4.69, 9.17) is 6.72 Å². The van der Waals surface area contributed by atoms with Crippen LogP contribution in [0, 0.1) is 6.08 Å². The molecule has 0 unspecified atom stereocenters. The van der Waals surface area contributed by atoms with Crippen LogP contribution in [0.25, 0.3) is 5.70 Å². The van der Waals surface area contributed by atoms with E-state index in [0.717, 1.165) is 49.3 Å². The summed E-state index contributed by atoms with van der Waals surface area (Å²) in [7, 11) is 0. The van der Waals surface area contributed by atoms with Crippen molar-refractivity contribution < 1.29 is 25.9 Å². The Morgan fingerprint density at radius 3 is 2.95 bits per heavy atom. The maximum Gasteiger partial charge on any atom is 2.00 e. The van der Waals surface area contributed by atoms with Gasteiger partial charge in [0.05, 0.1) is 0 Å². The number of hydrogen-bond donors (Lipinski definition) is 0. The van der Waals surface area contributed by atoms with E-state index >= 15 is 0 Å². The van der Waals surface area contributed by atoms with Crippen molar-refractivity contribution in [3.8, 4) is 0 Å². The summed E-state index contributed by atoms with van der Waals surface area (Å²) >= 11 is 0. The molecule has 1 aromatic heterocycles. The van der Waals surface area contributed by atoms with Gasteiger partial charge in [-0.3, -0.25) is 4.79 Å². The first-order valence-electron chi connectivity index (χ1n) is 6.57. The SMILES string of the molecule is [CH-]=NC1=[C-]CCCn2nc3c(c21)CN(C(C)=O)CC3.[W+2]. The Morgan fingerprint density at radius 2 is 2.25 bits per heavy atom. The Bertz CT molecular complexity index is 576. The number of nitrogens with zero attached hydrogens (tertiary/aromatic N) is 4. The number of amides is 1. The largest absolute Gasteiger partial charge is 2.00 e. The van der Waals surface area contributed by atoms with Crippen molar-refractivity contribution >= 4 is 18.3 Å². The van der Waals surface area contributed by atoms with Crippen LogP contribution < -0.4 is 0 Å². The summed E-state index contributed by atoms with van der Waals surface area (Å²) in [5.41, 5.74) is 3.77. The first kappa shape index (κ1) is 15.2. The standard InChI is InChI=1S/C14H16N4O.W/c1-10(19)17-8-6-12-11(9-17)14-13(15-2)5-3-4-7-18(14)16-12;/h2H,3-4,6-9H2,1H3;/q-2;+2. The van der Waals surface area contributed by atoms with E-state index in [1.165, 1.54) is 0 Å². The zero-order valence-corrected chi connectivity index (χ0v) is 14.4. The number of aromatic nitrogens is 2. The van der Waals surface area contributed by atoms with Gasteiger partial charge in [-0.15, -0.1) is 12.1 Å². The molecular weight excluding hydrogens is 424 g/mol. The van der Waals surface area contributed by atoms with Gasteiger partial charge in [0.25, 0.3) is 0 Å². The van der Waals surface area contributed by atoms with Crippen molar-refractivity contribution in [3.05, 3.63) is 23.0 Å². The van der Waals surface area contributed by atoms with Crippen molar-refractivity contribution in [1.82, 2.24) is 14.7 Å². The molecule has 0 aliphatic carbocycles. The Labute approximate surface area is 133 Å². The van der Waals surface area contributed by atoms with Crippen molar-refractivity contribution in [3.63, 3.8) is 0 Å². The van der Waals surface area contributed by atoms with Crippen LogP contribution in [0.1, 0.15) is 36.7 Å². The van der Waals surface area contributed by atoms with Crippen molar-refractivity contribution in [2.45, 2.75) is 39.3 Å². The van der Waals surface area contributed by atoms with Crippen molar-refractivity contribution in [1.29, 1.82) is 0 Å². The summed E-state index contributed by atoms with van der Waals surface area (Å²) in [6.07, 6.45) is 5.85. The third-order valence-electron chi connectivity index (χ3n) is 3.74. The Balaban J connectivity index is 0.00000147. The van der Waals surface area contributed by atoms with E-state index in [1.54, 1.807) is 6.92 Å². The Morgan fingerprint density at radius 1 is 1.45 bits per heavy atom. The molecule has 2 aliphatic rings. The molecule has 0 bridgehead atoms. The zero-order valence-electron chi connectivity index (χ0n) is 11.4. The molecule has 0 radical (unpaired) electrons. The van der Waals surface area contributed by atoms with Crippen molar-refractivity contribution in [2.75, 3.05) is 6.54 Å². The minimum absolute atomic E-state index is 0. The number of hydrogen-bond acceptors (Lipinski definition) is 3. The monoisotopic (exact) mass is 440 g/mol. The van der Waals surface area contributed by atoms with Crippen LogP contribution in [0.2, 0.25) is 0 Å². The number of carbonyl (C=O) groups is 1. The molecule has 104 valence electrons. The molecule has 0 aromatic carbocycles. The molecule has 0 fully saturated rings. The van der Waals surface area contributed by atoms with Gasteiger partial charge in [0.15, 0.2) is 0 Å². The fraction of sp³-hybridized carbons (Fsp3) is 0.500. The van der Waals surface area contributed by atoms with Gasteiger partial charge in [-0.05, 0) is 6.42 Å². The van der Waals surface area contributed by atoms with E-state index in [-0.39, 0.29) is 27.0 Å². The first-order valence-corrected chi connectivity index (χ1v) is 6.57. The normalized spacial score (nSPS) is 17.2. The molecule has 0 saturated heterocycles. The van der Waals surface area contributed by atoms with Gasteiger partial charge < -0.3 is 20.7 Å². The smallest absolute Gasteiger partial charge is 0.495 e. The molecule has 2 aliphatic heterocycles. The van der Waals surface area contributed by atoms with Crippen LogP contribution in [0.3, 0.4) is 0 Å². The molecule has 6 heteroatoms. The van der Waals surface area contributed by atoms with Gasteiger partial charge in [-0.2, -0.15) is 11.8 Å². The summed E-state index contributed by atoms with van der Waals surface area (Å²) in [5, 5.41) is 4.65. The summed E-state index contributed by atoms with van der Waals surface area (Å²) in [6.45, 7) is 9.27. The molecule has 20 heavy (non-hydrogen) atoms. The van der Waals surface area contributed by atoms with E-state index in [9.17, 15) is 4.79 Å². The second-order valence-corrected chi connectivity index (χ2v) is 4.95. The average Bonchev–Trinajstić information content (AvgIpc) is 2.64. The van der Waals surface area contributed by atoms with E-state index in [0.29, 0.717) is 12.2 Å². The minimum atomic E-state index is 0. The summed E-state index contributed by atoms with van der Waals surface area (Å²) < 4.78 is 1.97. The number of allylic oxidation sites excluding steroid dienone is 1. The fourth-order valence-corrected chi connectivity index (χ4v) is 2.75. The molecule has 5 nitrogen and oxygen atoms in total. The molecule has 0 saturated carbocycles. The quantitative estimate of drug-likeness (QED) is 0.489. The van der Waals surface area contributed by atoms with Crippen LogP contribution in [-0.4, -0.2) is 33.8 Å². The number of fused-ring (bicyclic) bond motifs is 3. The Kier molecular flexibility index (Phi) is 4.58. The van der Waals surface area contributed by atoms with Gasteiger partial charge in [0.1, 0.15) is 0 Å². The topological polar surface area (TPSA) is 50.5 Å². The third kappa shape index (κ3) is 2.51. The zero-order chi connectivity index (χ0) is 13.4. The number of aryl methyl sites for hydroxylation is 1. The first-order chi connectivity index (χ1) is 9.20. The molecule has 0 N–H and O–H groups in total. The van der Waals surface area contributed by atoms with Crippen LogP contribution in [0.4, 0.5) is 0 Å². The molecule has 3 heterocycles. The number of rotatable bonds is 1. The predicted molar refractivity (Wildman–Crippen MR) is 71.4 cm³/mol. The van der Waals surface area contributed by atoms with E-state index < -0.39 is 0 Å². The van der Waals surface area contributed by atoms with E-state index in [1.807, 2.05) is 9.58 Å². The van der Waals surface area contributed by atoms with Gasteiger partial charge >= 0.3 is 21.1 Å². The summed E-state index contributed by atoms with van der Waals surface area (Å²) in [6, 6.07) is 0. The van der Waals surface area contributed by atoms with Crippen LogP contribution in [0.5, 0.6) is 0 Å². The van der Waals surface area contributed by atoms with Gasteiger partial charge in [0.2, 0.25) is 5.91 Å². The maximum absolute atomic E-state index is 11.5. The van der Waals surface area contributed by atoms with Crippen LogP contribution in [0.15, 0.2) is 4.99 Å². The third-order valence-corrected chi connectivity index (χ3v) is 3.74. The van der Waals surface area contributed by atoms with Crippen molar-refractivity contribution in [2.24, 2.45) is 4.99 Å². The number of carbonyl (C=O) groups excluding carboxylic acids is 1. The van der Waals surface area contributed by atoms with Crippen LogP contribution >= 0.6 is 0 Å². The summed E-state index contributed by atoms with van der Waals surface area (Å²) in [4.78, 5) is 17.2. The maximum atomic E-state index is 11.5. The Hall–Kier alpha value is -1.22. The second kappa shape index (κ2) is 6.04. The molecule has 0 atom stereocenters. The molecule has 0 spiro atoms. The van der Waals surface area contributed by atoms with E-state index in [2.05, 4.69) is 16.2 Å². The second-order valence-electron chi connectivity index (χ2n) is 4.95. The molecule has 3 rings (SSSR count). The average molecular weight is 440 g/mol. The molecular formula is C14H16N4OW. The molecule has 1 amide bonds. The molecule has 1 aromatic rings. The number of aliphatic imine (C=N–C) groups is 1. The van der Waals surface area contributed by atoms with Gasteiger partial charge in [0, 0.05) is 38.7 Å². The minimum Gasteiger partial charge on any atom is -0.495 e.